The van der Waals surface area contributed by atoms with Crippen molar-refractivity contribution in [2.45, 2.75) is 13.1 Å². The van der Waals surface area contributed by atoms with E-state index in [1.54, 1.807) is 0 Å². The van der Waals surface area contributed by atoms with Gasteiger partial charge in [0, 0.05) is 12.6 Å². The number of carboxylic acids is 1. The predicted octanol–water partition coefficient (Wildman–Crippen LogP) is 4.09. The molecule has 0 unspecified atom stereocenters. The van der Waals surface area contributed by atoms with Gasteiger partial charge in [-0.1, -0.05) is 18.2 Å². The average Bonchev–Trinajstić information content (AvgIpc) is 2.47. The molecule has 0 aliphatic carbocycles. The van der Waals surface area contributed by atoms with Crippen molar-refractivity contribution in [2.24, 2.45) is 0 Å². The number of benzene rings is 2. The van der Waals surface area contributed by atoms with Gasteiger partial charge in [-0.25, -0.2) is 4.79 Å². The Morgan fingerprint density at radius 3 is 2.26 bits per heavy atom. The SMILES string of the molecule is CC(=O)N(c1cccc(C(F)(F)F)c1)c1ccccc1C(=O)O. The average molecular weight is 323 g/mol. The molecule has 0 radical (unpaired) electrons. The van der Waals surface area contributed by atoms with E-state index in [2.05, 4.69) is 0 Å². The molecule has 0 aromatic heterocycles. The molecule has 0 bridgehead atoms. The van der Waals surface area contributed by atoms with Gasteiger partial charge in [-0.2, -0.15) is 13.2 Å². The number of para-hydroxylation sites is 1. The van der Waals surface area contributed by atoms with E-state index in [-0.39, 0.29) is 16.9 Å². The summed E-state index contributed by atoms with van der Waals surface area (Å²) in [5, 5.41) is 9.21. The summed E-state index contributed by atoms with van der Waals surface area (Å²) in [6.45, 7) is 1.15. The monoisotopic (exact) mass is 323 g/mol. The van der Waals surface area contributed by atoms with Crippen LogP contribution in [0, 0.1) is 0 Å². The number of nitrogens with zero attached hydrogens (tertiary/aromatic N) is 1. The number of aromatic carboxylic acids is 1. The van der Waals surface area contributed by atoms with Crippen LogP contribution in [0.5, 0.6) is 0 Å². The molecular formula is C16H12F3NO3. The van der Waals surface area contributed by atoms with E-state index in [4.69, 9.17) is 0 Å². The highest BCUT2D eigenvalue weighted by Crippen LogP contribution is 2.34. The summed E-state index contributed by atoms with van der Waals surface area (Å²) in [6, 6.07) is 9.78. The fourth-order valence-electron chi connectivity index (χ4n) is 2.16. The van der Waals surface area contributed by atoms with Crippen LogP contribution >= 0.6 is 0 Å². The first-order chi connectivity index (χ1) is 10.7. The zero-order valence-electron chi connectivity index (χ0n) is 12.0. The molecule has 0 saturated heterocycles. The lowest BCUT2D eigenvalue weighted by atomic mass is 10.1. The molecule has 0 saturated carbocycles. The maximum Gasteiger partial charge on any atom is 0.416 e. The number of carbonyl (C=O) groups is 2. The Morgan fingerprint density at radius 1 is 1.04 bits per heavy atom. The minimum absolute atomic E-state index is 0.00632. The number of alkyl halides is 3. The van der Waals surface area contributed by atoms with Crippen molar-refractivity contribution < 1.29 is 27.9 Å². The Balaban J connectivity index is 2.62. The Morgan fingerprint density at radius 2 is 1.70 bits per heavy atom. The van der Waals surface area contributed by atoms with E-state index in [9.17, 15) is 27.9 Å². The third-order valence-electron chi connectivity index (χ3n) is 3.12. The standard InChI is InChI=1S/C16H12F3NO3/c1-10(21)20(14-8-3-2-7-13(14)15(22)23)12-6-4-5-11(9-12)16(17,18)19/h2-9H,1H3,(H,22,23). The Hall–Kier alpha value is -2.83. The second-order valence-electron chi connectivity index (χ2n) is 4.72. The molecule has 0 spiro atoms. The lowest BCUT2D eigenvalue weighted by Gasteiger charge is -2.23. The van der Waals surface area contributed by atoms with Crippen LogP contribution in [0.1, 0.15) is 22.8 Å². The zero-order chi connectivity index (χ0) is 17.2. The van der Waals surface area contributed by atoms with E-state index in [0.29, 0.717) is 0 Å². The van der Waals surface area contributed by atoms with Crippen LogP contribution in [0.3, 0.4) is 0 Å². The number of amides is 1. The first kappa shape index (κ1) is 16.5. The molecule has 2 aromatic rings. The first-order valence-corrected chi connectivity index (χ1v) is 6.52. The van der Waals surface area contributed by atoms with Gasteiger partial charge >= 0.3 is 12.1 Å². The van der Waals surface area contributed by atoms with Crippen LogP contribution in [0.2, 0.25) is 0 Å². The minimum Gasteiger partial charge on any atom is -0.478 e. The second-order valence-corrected chi connectivity index (χ2v) is 4.72. The lowest BCUT2D eigenvalue weighted by molar-refractivity contribution is -0.137. The highest BCUT2D eigenvalue weighted by atomic mass is 19.4. The van der Waals surface area contributed by atoms with Gasteiger partial charge in [-0.05, 0) is 30.3 Å². The summed E-state index contributed by atoms with van der Waals surface area (Å²) in [5.74, 6) is -1.88. The molecule has 2 rings (SSSR count). The molecule has 4 nitrogen and oxygen atoms in total. The van der Waals surface area contributed by atoms with Gasteiger partial charge in [-0.3, -0.25) is 9.69 Å². The number of halogens is 3. The largest absolute Gasteiger partial charge is 0.478 e. The zero-order valence-corrected chi connectivity index (χ0v) is 12.0. The Labute approximate surface area is 129 Å². The lowest BCUT2D eigenvalue weighted by Crippen LogP contribution is -2.25. The quantitative estimate of drug-likeness (QED) is 0.925. The number of hydrogen-bond donors (Lipinski definition) is 1. The van der Waals surface area contributed by atoms with E-state index in [1.165, 1.54) is 30.3 Å². The Bertz CT molecular complexity index is 756. The maximum atomic E-state index is 12.8. The van der Waals surface area contributed by atoms with Crippen molar-refractivity contribution in [3.63, 3.8) is 0 Å². The van der Waals surface area contributed by atoms with Crippen molar-refractivity contribution in [1.82, 2.24) is 0 Å². The smallest absolute Gasteiger partial charge is 0.416 e. The molecule has 0 fully saturated rings. The van der Waals surface area contributed by atoms with Gasteiger partial charge in [0.25, 0.3) is 0 Å². The molecule has 0 aliphatic rings. The van der Waals surface area contributed by atoms with Crippen molar-refractivity contribution in [2.75, 3.05) is 4.90 Å². The van der Waals surface area contributed by atoms with Gasteiger partial charge in [0.05, 0.1) is 16.8 Å². The van der Waals surface area contributed by atoms with Crippen LogP contribution < -0.4 is 4.90 Å². The third-order valence-corrected chi connectivity index (χ3v) is 3.12. The summed E-state index contributed by atoms with van der Waals surface area (Å²) in [5.41, 5.74) is -1.15. The summed E-state index contributed by atoms with van der Waals surface area (Å²) < 4.78 is 38.5. The van der Waals surface area contributed by atoms with Crippen LogP contribution in [0.15, 0.2) is 48.5 Å². The topological polar surface area (TPSA) is 57.6 Å². The fraction of sp³-hybridized carbons (Fsp3) is 0.125. The van der Waals surface area contributed by atoms with Crippen molar-refractivity contribution in [3.05, 3.63) is 59.7 Å². The fourth-order valence-corrected chi connectivity index (χ4v) is 2.16. The molecule has 7 heteroatoms. The van der Waals surface area contributed by atoms with E-state index < -0.39 is 23.6 Å². The predicted molar refractivity (Wildman–Crippen MR) is 77.7 cm³/mol. The second kappa shape index (κ2) is 6.12. The number of carbonyl (C=O) groups excluding carboxylic acids is 1. The first-order valence-electron chi connectivity index (χ1n) is 6.52. The van der Waals surface area contributed by atoms with Crippen molar-refractivity contribution >= 4 is 23.3 Å². The van der Waals surface area contributed by atoms with Gasteiger partial charge in [0.15, 0.2) is 0 Å². The highest BCUT2D eigenvalue weighted by Gasteiger charge is 2.31. The number of rotatable bonds is 3. The van der Waals surface area contributed by atoms with Crippen LogP contribution in [0.25, 0.3) is 0 Å². The molecule has 1 amide bonds. The highest BCUT2D eigenvalue weighted by molar-refractivity contribution is 6.05. The third kappa shape index (κ3) is 3.50. The van der Waals surface area contributed by atoms with Crippen LogP contribution in [0.4, 0.5) is 24.5 Å². The van der Waals surface area contributed by atoms with Crippen molar-refractivity contribution in [1.29, 1.82) is 0 Å². The van der Waals surface area contributed by atoms with Gasteiger partial charge in [-0.15, -0.1) is 0 Å². The number of carboxylic acid groups (broad SMARTS) is 1. The molecule has 120 valence electrons. The van der Waals surface area contributed by atoms with E-state index in [0.717, 1.165) is 30.0 Å². The van der Waals surface area contributed by atoms with E-state index >= 15 is 0 Å². The normalized spacial score (nSPS) is 11.1. The Kier molecular flexibility index (Phi) is 4.40. The van der Waals surface area contributed by atoms with E-state index in [1.807, 2.05) is 0 Å². The summed E-state index contributed by atoms with van der Waals surface area (Å²) >= 11 is 0. The van der Waals surface area contributed by atoms with Crippen molar-refractivity contribution in [3.8, 4) is 0 Å². The van der Waals surface area contributed by atoms with Gasteiger partial charge < -0.3 is 5.11 Å². The molecule has 2 aromatic carbocycles. The van der Waals surface area contributed by atoms with Crippen LogP contribution in [-0.2, 0) is 11.0 Å². The molecular weight excluding hydrogens is 311 g/mol. The number of anilines is 2. The molecule has 23 heavy (non-hydrogen) atoms. The molecule has 0 aliphatic heterocycles. The number of hydrogen-bond acceptors (Lipinski definition) is 2. The van der Waals surface area contributed by atoms with Crippen LogP contribution in [-0.4, -0.2) is 17.0 Å². The summed E-state index contributed by atoms with van der Waals surface area (Å²) in [7, 11) is 0. The van der Waals surface area contributed by atoms with Gasteiger partial charge in [0.1, 0.15) is 0 Å². The molecule has 1 N–H and O–H groups in total. The minimum atomic E-state index is -4.56. The summed E-state index contributed by atoms with van der Waals surface area (Å²) in [6.07, 6.45) is -4.56. The van der Waals surface area contributed by atoms with Gasteiger partial charge in [0.2, 0.25) is 5.91 Å². The molecule has 0 heterocycles. The molecule has 0 atom stereocenters. The summed E-state index contributed by atoms with van der Waals surface area (Å²) in [4.78, 5) is 24.2. The maximum absolute atomic E-state index is 12.8.